The van der Waals surface area contributed by atoms with Gasteiger partial charge in [0, 0.05) is 19.2 Å². The van der Waals surface area contributed by atoms with Crippen LogP contribution >= 0.6 is 0 Å². The van der Waals surface area contributed by atoms with E-state index in [1.54, 1.807) is 48.5 Å². The molecule has 34 heavy (non-hydrogen) atoms. The molecule has 1 N–H and O–H groups in total. The first kappa shape index (κ1) is 24.9. The van der Waals surface area contributed by atoms with E-state index in [9.17, 15) is 14.7 Å². The van der Waals surface area contributed by atoms with Crippen molar-refractivity contribution in [1.29, 1.82) is 0 Å². The van der Waals surface area contributed by atoms with E-state index in [0.717, 1.165) is 0 Å². The van der Waals surface area contributed by atoms with Crippen molar-refractivity contribution in [3.63, 3.8) is 0 Å². The lowest BCUT2D eigenvalue weighted by atomic mass is 9.95. The fourth-order valence-corrected chi connectivity index (χ4v) is 3.80. The lowest BCUT2D eigenvalue weighted by Crippen LogP contribution is -2.32. The maximum Gasteiger partial charge on any atom is 0.295 e. The number of Topliss-reactive ketones (excluding diaryl/α,β-unsaturated/α-hetero) is 1. The van der Waals surface area contributed by atoms with E-state index in [4.69, 9.17) is 18.9 Å². The molecule has 1 heterocycles. The van der Waals surface area contributed by atoms with Crippen LogP contribution in [0.15, 0.2) is 60.7 Å². The van der Waals surface area contributed by atoms with Crippen LogP contribution in [-0.4, -0.2) is 62.3 Å². The molecular formula is C26H29NO7. The Morgan fingerprint density at radius 3 is 2.44 bits per heavy atom. The summed E-state index contributed by atoms with van der Waals surface area (Å²) in [6.07, 6.45) is 1.61. The van der Waals surface area contributed by atoms with Crippen molar-refractivity contribution in [2.75, 3.05) is 40.6 Å². The van der Waals surface area contributed by atoms with E-state index < -0.39 is 17.7 Å². The molecule has 0 bridgehead atoms. The second-order valence-electron chi connectivity index (χ2n) is 7.45. The van der Waals surface area contributed by atoms with Crippen molar-refractivity contribution in [3.05, 3.63) is 71.8 Å². The first-order valence-electron chi connectivity index (χ1n) is 10.9. The van der Waals surface area contributed by atoms with Gasteiger partial charge in [0.05, 0.1) is 31.9 Å². The third-order valence-corrected chi connectivity index (χ3v) is 5.38. The van der Waals surface area contributed by atoms with Crippen molar-refractivity contribution < 1.29 is 33.6 Å². The van der Waals surface area contributed by atoms with Gasteiger partial charge in [-0.2, -0.15) is 0 Å². The van der Waals surface area contributed by atoms with Crippen LogP contribution in [0.3, 0.4) is 0 Å². The maximum absolute atomic E-state index is 13.1. The molecule has 1 amide bonds. The van der Waals surface area contributed by atoms with Gasteiger partial charge < -0.3 is 29.0 Å². The van der Waals surface area contributed by atoms with Crippen molar-refractivity contribution in [3.8, 4) is 17.2 Å². The summed E-state index contributed by atoms with van der Waals surface area (Å²) < 4.78 is 21.7. The Kier molecular flexibility index (Phi) is 8.32. The zero-order valence-electron chi connectivity index (χ0n) is 19.6. The standard InChI is InChI=1S/C26H29NO7/c1-5-14-34-20-12-9-18(16-21(20)32-4)23-22(25(29)26(30)27(23)13-15-31-3)24(28)17-7-10-19(11-8-17)33-6-2/h5,7-12,16,23,28H,1,6,13-15H2,2-4H3/b24-22+. The molecule has 0 radical (unpaired) electrons. The molecule has 0 saturated carbocycles. The number of aliphatic hydroxyl groups excluding tert-OH is 1. The molecule has 1 saturated heterocycles. The predicted molar refractivity (Wildman–Crippen MR) is 127 cm³/mol. The zero-order chi connectivity index (χ0) is 24.7. The molecule has 2 aromatic rings. The topological polar surface area (TPSA) is 94.5 Å². The van der Waals surface area contributed by atoms with E-state index in [1.807, 2.05) is 6.92 Å². The third kappa shape index (κ3) is 5.07. The number of carbonyl (C=O) groups is 2. The highest BCUT2D eigenvalue weighted by atomic mass is 16.5. The van der Waals surface area contributed by atoms with E-state index in [2.05, 4.69) is 6.58 Å². The average molecular weight is 468 g/mol. The number of ketones is 1. The van der Waals surface area contributed by atoms with Crippen molar-refractivity contribution in [1.82, 2.24) is 4.90 Å². The Hall–Kier alpha value is -3.78. The quantitative estimate of drug-likeness (QED) is 0.233. The number of hydrogen-bond donors (Lipinski definition) is 1. The minimum Gasteiger partial charge on any atom is -0.507 e. The summed E-state index contributed by atoms with van der Waals surface area (Å²) in [4.78, 5) is 27.4. The van der Waals surface area contributed by atoms with Crippen molar-refractivity contribution >= 4 is 17.4 Å². The molecule has 1 fully saturated rings. The smallest absolute Gasteiger partial charge is 0.295 e. The molecule has 8 heteroatoms. The number of ether oxygens (including phenoxy) is 4. The van der Waals surface area contributed by atoms with Gasteiger partial charge in [-0.15, -0.1) is 0 Å². The van der Waals surface area contributed by atoms with Crippen LogP contribution in [0.1, 0.15) is 24.1 Å². The lowest BCUT2D eigenvalue weighted by Gasteiger charge is -2.25. The molecule has 1 aliphatic heterocycles. The Morgan fingerprint density at radius 1 is 1.09 bits per heavy atom. The molecule has 180 valence electrons. The van der Waals surface area contributed by atoms with Gasteiger partial charge in [0.25, 0.3) is 11.7 Å². The van der Waals surface area contributed by atoms with Gasteiger partial charge in [0.2, 0.25) is 0 Å². The molecular weight excluding hydrogens is 438 g/mol. The van der Waals surface area contributed by atoms with Crippen LogP contribution < -0.4 is 14.2 Å². The minimum absolute atomic E-state index is 0.00734. The molecule has 1 atom stereocenters. The highest BCUT2D eigenvalue weighted by molar-refractivity contribution is 6.46. The average Bonchev–Trinajstić information content (AvgIpc) is 3.11. The maximum atomic E-state index is 13.1. The second kappa shape index (κ2) is 11.4. The van der Waals surface area contributed by atoms with Gasteiger partial charge in [-0.05, 0) is 48.9 Å². The van der Waals surface area contributed by atoms with Gasteiger partial charge in [-0.3, -0.25) is 9.59 Å². The van der Waals surface area contributed by atoms with Gasteiger partial charge in [-0.1, -0.05) is 18.7 Å². The van der Waals surface area contributed by atoms with Gasteiger partial charge >= 0.3 is 0 Å². The Balaban J connectivity index is 2.11. The molecule has 1 aliphatic rings. The van der Waals surface area contributed by atoms with Crippen LogP contribution in [0.5, 0.6) is 17.2 Å². The monoisotopic (exact) mass is 467 g/mol. The van der Waals surface area contributed by atoms with E-state index in [0.29, 0.717) is 41.6 Å². The van der Waals surface area contributed by atoms with Crippen LogP contribution in [-0.2, 0) is 14.3 Å². The van der Waals surface area contributed by atoms with Crippen LogP contribution in [0.25, 0.3) is 5.76 Å². The summed E-state index contributed by atoms with van der Waals surface area (Å²) >= 11 is 0. The molecule has 8 nitrogen and oxygen atoms in total. The number of methoxy groups -OCH3 is 2. The number of carbonyl (C=O) groups excluding carboxylic acids is 2. The minimum atomic E-state index is -0.830. The SMILES string of the molecule is C=CCOc1ccc(C2/C(=C(\O)c3ccc(OCC)cc3)C(=O)C(=O)N2CCOC)cc1OC. The summed E-state index contributed by atoms with van der Waals surface area (Å²) in [5, 5.41) is 11.1. The first-order valence-corrected chi connectivity index (χ1v) is 10.9. The number of amides is 1. The van der Waals surface area contributed by atoms with Gasteiger partial charge in [-0.25, -0.2) is 0 Å². The number of hydrogen-bond acceptors (Lipinski definition) is 7. The normalized spacial score (nSPS) is 17.0. The highest BCUT2D eigenvalue weighted by Crippen LogP contribution is 2.42. The molecule has 1 unspecified atom stereocenters. The summed E-state index contributed by atoms with van der Waals surface area (Å²) in [6, 6.07) is 11.0. The summed E-state index contributed by atoms with van der Waals surface area (Å²) in [6.45, 7) is 6.70. The number of nitrogens with zero attached hydrogens (tertiary/aromatic N) is 1. The van der Waals surface area contributed by atoms with Crippen molar-refractivity contribution in [2.24, 2.45) is 0 Å². The summed E-state index contributed by atoms with van der Waals surface area (Å²) in [7, 11) is 3.02. The van der Waals surface area contributed by atoms with Gasteiger partial charge in [0.15, 0.2) is 11.5 Å². The summed E-state index contributed by atoms with van der Waals surface area (Å²) in [5.74, 6) is -0.184. The summed E-state index contributed by atoms with van der Waals surface area (Å²) in [5.41, 5.74) is 0.980. The van der Waals surface area contributed by atoms with E-state index >= 15 is 0 Å². The van der Waals surface area contributed by atoms with Crippen LogP contribution in [0.4, 0.5) is 0 Å². The molecule has 0 spiro atoms. The fourth-order valence-electron chi connectivity index (χ4n) is 3.80. The Labute approximate surface area is 199 Å². The number of rotatable bonds is 11. The van der Waals surface area contributed by atoms with Crippen molar-refractivity contribution in [2.45, 2.75) is 13.0 Å². The number of aliphatic hydroxyl groups is 1. The predicted octanol–water partition coefficient (Wildman–Crippen LogP) is 3.73. The first-order chi connectivity index (χ1) is 16.5. The second-order valence-corrected chi connectivity index (χ2v) is 7.45. The number of likely N-dealkylation sites (tertiary alicyclic amines) is 1. The largest absolute Gasteiger partial charge is 0.507 e. The van der Waals surface area contributed by atoms with E-state index in [-0.39, 0.29) is 24.5 Å². The van der Waals surface area contributed by atoms with E-state index in [1.165, 1.54) is 19.1 Å². The third-order valence-electron chi connectivity index (χ3n) is 5.38. The van der Waals surface area contributed by atoms with Crippen LogP contribution in [0.2, 0.25) is 0 Å². The zero-order valence-corrected chi connectivity index (χ0v) is 19.6. The highest BCUT2D eigenvalue weighted by Gasteiger charge is 2.46. The Bertz CT molecular complexity index is 1080. The lowest BCUT2D eigenvalue weighted by molar-refractivity contribution is -0.140. The Morgan fingerprint density at radius 2 is 1.82 bits per heavy atom. The molecule has 2 aromatic carbocycles. The number of benzene rings is 2. The van der Waals surface area contributed by atoms with Crippen LogP contribution in [0, 0.1) is 0 Å². The fraction of sp³-hybridized carbons (Fsp3) is 0.308. The molecule has 0 aliphatic carbocycles. The molecule has 3 rings (SSSR count). The molecule has 0 aromatic heterocycles. The van der Waals surface area contributed by atoms with Gasteiger partial charge in [0.1, 0.15) is 18.1 Å².